The van der Waals surface area contributed by atoms with Crippen molar-refractivity contribution >= 4 is 65.9 Å². The molecular weight excluding hydrogens is 1030 g/mol. The van der Waals surface area contributed by atoms with Gasteiger partial charge in [0.2, 0.25) is 5.69 Å². The van der Waals surface area contributed by atoms with E-state index in [2.05, 4.69) is 314 Å². The number of likely N-dealkylation sites (N-methyl/N-ethyl adjacent to an activating group) is 2. The van der Waals surface area contributed by atoms with Crippen LogP contribution in [0.25, 0.3) is 43.1 Å². The molecule has 0 aliphatic carbocycles. The van der Waals surface area contributed by atoms with Gasteiger partial charge in [-0.3, -0.25) is 0 Å². The fraction of sp³-hybridized carbons (Fsp3) is 0.232. The van der Waals surface area contributed by atoms with Gasteiger partial charge in [-0.2, -0.15) is 4.58 Å². The molecule has 0 saturated carbocycles. The van der Waals surface area contributed by atoms with Crippen molar-refractivity contribution in [2.45, 2.75) is 103 Å². The second kappa shape index (κ2) is 21.4. The van der Waals surface area contributed by atoms with Crippen LogP contribution in [-0.2, 0) is 40.9 Å². The SMILES string of the molecule is C=C(/C=C/C=C1/N(CC)c2ccc3ccccc3c2C1(C)C)C(C)(Cc1ccccc1)c1c(C)cc(Cc2cc3c(c4ccccc24)C(C)(Cc2ccccc2)C(=CC=CC2=[N+](CC)c4ccc5ccccc5c4C2(C)C)N3C)c2ccccc12. The molecule has 3 heteroatoms. The number of benzene rings is 10. The van der Waals surface area contributed by atoms with E-state index < -0.39 is 5.41 Å². The Labute approximate surface area is 505 Å². The van der Waals surface area contributed by atoms with Crippen LogP contribution in [0.1, 0.15) is 105 Å². The molecule has 10 aromatic carbocycles. The van der Waals surface area contributed by atoms with Gasteiger partial charge in [-0.05, 0) is 184 Å². The first kappa shape index (κ1) is 55.4. The van der Waals surface area contributed by atoms with Gasteiger partial charge in [0.15, 0.2) is 5.71 Å². The lowest BCUT2D eigenvalue weighted by Crippen LogP contribution is -2.29. The maximum absolute atomic E-state index is 5.00. The number of rotatable bonds is 14. The molecule has 3 heterocycles. The standard InChI is InChI=1S/C82H80N3/c1-12-84-69-48-46-59-35-20-22-39-65(59)76(69)79(5,6)72(84)43-28-30-56(4)81(9,53-57-31-16-14-17-32-57)75-55(3)50-61(63-37-24-26-41-67(63)75)51-62-52-71-78(68-42-27-25-38-64(62)68)82(10,54-58-33-18-15-19-34-58)74(83(71)11)45-29-44-73-80(7,8)77-66-40-23-21-36-60(66)47-49-70(77)85(73)13-2/h14-50,52H,4,12-13,51,53-54H2,1-3,5-11H3/q+1/b30-28+,72-43+. The van der Waals surface area contributed by atoms with Gasteiger partial charge < -0.3 is 9.80 Å². The minimum Gasteiger partial charge on any atom is -0.347 e. The zero-order valence-electron chi connectivity index (χ0n) is 51.5. The van der Waals surface area contributed by atoms with E-state index in [4.69, 9.17) is 6.58 Å². The minimum atomic E-state index is -0.435. The number of fused-ring (bicyclic) bond motifs is 10. The molecule has 13 rings (SSSR count). The van der Waals surface area contributed by atoms with Crippen LogP contribution in [0.5, 0.6) is 0 Å². The van der Waals surface area contributed by atoms with Gasteiger partial charge in [-0.15, -0.1) is 0 Å². The monoisotopic (exact) mass is 1110 g/mol. The van der Waals surface area contributed by atoms with Crippen molar-refractivity contribution in [1.82, 2.24) is 0 Å². The van der Waals surface area contributed by atoms with Crippen LogP contribution in [0.2, 0.25) is 0 Å². The lowest BCUT2D eigenvalue weighted by molar-refractivity contribution is -0.433. The minimum absolute atomic E-state index is 0.178. The van der Waals surface area contributed by atoms with Crippen LogP contribution in [0.4, 0.5) is 17.1 Å². The molecule has 0 amide bonds. The Morgan fingerprint density at radius 2 is 1.11 bits per heavy atom. The maximum Gasteiger partial charge on any atom is 0.210 e. The van der Waals surface area contributed by atoms with Crippen molar-refractivity contribution in [2.24, 2.45) is 0 Å². The maximum atomic E-state index is 5.00. The predicted molar refractivity (Wildman–Crippen MR) is 365 cm³/mol. The van der Waals surface area contributed by atoms with Crippen LogP contribution < -0.4 is 9.80 Å². The second-order valence-electron chi connectivity index (χ2n) is 25.8. The number of aryl methyl sites for hydroxylation is 1. The van der Waals surface area contributed by atoms with Gasteiger partial charge in [0, 0.05) is 70.3 Å². The molecule has 3 nitrogen and oxygen atoms in total. The summed E-state index contributed by atoms with van der Waals surface area (Å²) in [7, 11) is 2.30. The highest BCUT2D eigenvalue weighted by atomic mass is 15.2. The summed E-state index contributed by atoms with van der Waals surface area (Å²) in [5.74, 6) is 0. The molecular formula is C82H80N3+. The topological polar surface area (TPSA) is 9.49 Å². The van der Waals surface area contributed by atoms with E-state index in [9.17, 15) is 0 Å². The highest BCUT2D eigenvalue weighted by Crippen LogP contribution is 2.55. The fourth-order valence-corrected chi connectivity index (χ4v) is 16.0. The summed E-state index contributed by atoms with van der Waals surface area (Å²) in [6.07, 6.45) is 16.6. The van der Waals surface area contributed by atoms with Crippen molar-refractivity contribution in [1.29, 1.82) is 0 Å². The third-order valence-electron chi connectivity index (χ3n) is 19.9. The van der Waals surface area contributed by atoms with Gasteiger partial charge >= 0.3 is 0 Å². The molecule has 10 aromatic rings. The van der Waals surface area contributed by atoms with E-state index >= 15 is 0 Å². The number of nitrogens with zero attached hydrogens (tertiary/aromatic N) is 3. The smallest absolute Gasteiger partial charge is 0.210 e. The first-order chi connectivity index (χ1) is 41.1. The third-order valence-corrected chi connectivity index (χ3v) is 19.9. The summed E-state index contributed by atoms with van der Waals surface area (Å²) in [5.41, 5.74) is 19.9. The summed E-state index contributed by atoms with van der Waals surface area (Å²) >= 11 is 0. The van der Waals surface area contributed by atoms with E-state index in [0.29, 0.717) is 0 Å². The molecule has 0 fully saturated rings. The molecule has 422 valence electrons. The number of allylic oxidation sites excluding steroid dienone is 9. The lowest BCUT2D eigenvalue weighted by atomic mass is 9.68. The molecule has 0 N–H and O–H groups in total. The summed E-state index contributed by atoms with van der Waals surface area (Å²) in [6, 6.07) is 72.5. The van der Waals surface area contributed by atoms with Crippen molar-refractivity contribution < 1.29 is 4.58 Å². The fourth-order valence-electron chi connectivity index (χ4n) is 16.0. The largest absolute Gasteiger partial charge is 0.347 e. The number of anilines is 2. The van der Waals surface area contributed by atoms with E-state index in [1.54, 1.807) is 0 Å². The Morgan fingerprint density at radius 1 is 0.553 bits per heavy atom. The molecule has 3 aliphatic rings. The van der Waals surface area contributed by atoms with Crippen LogP contribution in [0.15, 0.2) is 254 Å². The van der Waals surface area contributed by atoms with Crippen LogP contribution in [-0.4, -0.2) is 30.4 Å². The Morgan fingerprint density at radius 3 is 1.76 bits per heavy atom. The highest BCUT2D eigenvalue weighted by molar-refractivity contribution is 6.08. The molecule has 85 heavy (non-hydrogen) atoms. The summed E-state index contributed by atoms with van der Waals surface area (Å²) < 4.78 is 2.53. The molecule has 2 atom stereocenters. The molecule has 0 aromatic heterocycles. The summed E-state index contributed by atoms with van der Waals surface area (Å²) in [6.45, 7) is 28.2. The lowest BCUT2D eigenvalue weighted by Gasteiger charge is -2.35. The quantitative estimate of drug-likeness (QED) is 0.0793. The van der Waals surface area contributed by atoms with Crippen molar-refractivity contribution in [3.05, 3.63) is 304 Å². The zero-order valence-corrected chi connectivity index (χ0v) is 51.5. The van der Waals surface area contributed by atoms with Gasteiger partial charge in [-0.1, -0.05) is 215 Å². The molecule has 0 bridgehead atoms. The van der Waals surface area contributed by atoms with Crippen molar-refractivity contribution in [3.8, 4) is 0 Å². The molecule has 3 aliphatic heterocycles. The molecule has 0 saturated heterocycles. The van der Waals surface area contributed by atoms with Crippen molar-refractivity contribution in [3.63, 3.8) is 0 Å². The molecule has 0 radical (unpaired) electrons. The van der Waals surface area contributed by atoms with E-state index in [0.717, 1.165) is 37.9 Å². The molecule has 2 unspecified atom stereocenters. The summed E-state index contributed by atoms with van der Waals surface area (Å²) in [4.78, 5) is 5.01. The second-order valence-corrected chi connectivity index (χ2v) is 25.8. The molecule has 0 spiro atoms. The number of hydrogen-bond acceptors (Lipinski definition) is 2. The van der Waals surface area contributed by atoms with Crippen molar-refractivity contribution in [2.75, 3.05) is 29.9 Å². The van der Waals surface area contributed by atoms with E-state index in [1.165, 1.54) is 127 Å². The van der Waals surface area contributed by atoms with Gasteiger partial charge in [0.05, 0.1) is 5.41 Å². The van der Waals surface area contributed by atoms with Gasteiger partial charge in [0.25, 0.3) is 0 Å². The van der Waals surface area contributed by atoms with Crippen LogP contribution in [0, 0.1) is 6.92 Å². The van der Waals surface area contributed by atoms with E-state index in [1.807, 2.05) is 0 Å². The van der Waals surface area contributed by atoms with Crippen LogP contribution in [0.3, 0.4) is 0 Å². The Hall–Kier alpha value is -8.79. The normalized spacial score (nSPS) is 18.7. The zero-order chi connectivity index (χ0) is 59.0. The number of hydrogen-bond donors (Lipinski definition) is 0. The van der Waals surface area contributed by atoms with Gasteiger partial charge in [0.1, 0.15) is 6.54 Å². The summed E-state index contributed by atoms with van der Waals surface area (Å²) in [5, 5.41) is 10.5. The first-order valence-corrected chi connectivity index (χ1v) is 30.9. The average Bonchev–Trinajstić information content (AvgIpc) is 1.91. The Bertz CT molecular complexity index is 4490. The van der Waals surface area contributed by atoms with Crippen LogP contribution >= 0.6 is 0 Å². The predicted octanol–water partition coefficient (Wildman–Crippen LogP) is 20.0. The Balaban J connectivity index is 0.891. The Kier molecular flexibility index (Phi) is 13.9. The van der Waals surface area contributed by atoms with Gasteiger partial charge in [-0.25, -0.2) is 0 Å². The average molecular weight is 1110 g/mol. The van der Waals surface area contributed by atoms with E-state index in [-0.39, 0.29) is 16.2 Å². The first-order valence-electron chi connectivity index (χ1n) is 30.9. The highest BCUT2D eigenvalue weighted by Gasteiger charge is 2.47. The third kappa shape index (κ3) is 9.04.